The lowest BCUT2D eigenvalue weighted by Gasteiger charge is -1.88. The van der Waals surface area contributed by atoms with Gasteiger partial charge in [-0.3, -0.25) is 0 Å². The van der Waals surface area contributed by atoms with E-state index in [1.807, 2.05) is 0 Å². The van der Waals surface area contributed by atoms with E-state index in [4.69, 9.17) is 28.3 Å². The lowest BCUT2D eigenvalue weighted by atomic mass is 10.3. The van der Waals surface area contributed by atoms with E-state index >= 15 is 0 Å². The first-order valence-electron chi connectivity index (χ1n) is 2.28. The van der Waals surface area contributed by atoms with Crippen LogP contribution in [0.4, 0.5) is 0 Å². The minimum absolute atomic E-state index is 0.00617. The van der Waals surface area contributed by atoms with Crippen molar-refractivity contribution in [2.75, 3.05) is 0 Å². The summed E-state index contributed by atoms with van der Waals surface area (Å²) in [6.45, 7) is 0. The van der Waals surface area contributed by atoms with Gasteiger partial charge in [-0.05, 0) is 0 Å². The van der Waals surface area contributed by atoms with Crippen LogP contribution in [-0.4, -0.2) is 11.1 Å². The number of rotatable bonds is 1. The average Bonchev–Trinajstić information content (AvgIpc) is 2.11. The normalized spacial score (nSPS) is 9.80. The van der Waals surface area contributed by atoms with Crippen LogP contribution in [0.3, 0.4) is 0 Å². The quantitative estimate of drug-likeness (QED) is 0.751. The van der Waals surface area contributed by atoms with Gasteiger partial charge in [-0.25, -0.2) is 4.79 Å². The molecule has 0 fully saturated rings. The first-order chi connectivity index (χ1) is 4.63. The number of carbonyl (C=O) groups is 1. The van der Waals surface area contributed by atoms with Crippen LogP contribution >= 0.6 is 34.5 Å². The van der Waals surface area contributed by atoms with E-state index in [1.165, 1.54) is 5.38 Å². The van der Waals surface area contributed by atoms with Crippen molar-refractivity contribution in [3.8, 4) is 0 Å². The number of aromatic carboxylic acids is 1. The van der Waals surface area contributed by atoms with Gasteiger partial charge in [0.15, 0.2) is 0 Å². The van der Waals surface area contributed by atoms with Gasteiger partial charge in [-0.15, -0.1) is 11.3 Å². The van der Waals surface area contributed by atoms with Crippen molar-refractivity contribution < 1.29 is 9.90 Å². The Kier molecular flexibility index (Phi) is 2.18. The Bertz CT molecular complexity index is 249. The van der Waals surface area contributed by atoms with Crippen LogP contribution in [0, 0.1) is 0 Å². The summed E-state index contributed by atoms with van der Waals surface area (Å²) in [4.78, 5) is 10.3. The molecule has 2 nitrogen and oxygen atoms in total. The number of hydrogen-bond acceptors (Lipinski definition) is 2. The van der Waals surface area contributed by atoms with Gasteiger partial charge in [0.1, 0.15) is 9.90 Å². The monoisotopic (exact) mass is 196 g/mol. The summed E-state index contributed by atoms with van der Waals surface area (Å²) in [6, 6.07) is 0. The third kappa shape index (κ3) is 1.26. The third-order valence-corrected chi connectivity index (χ3v) is 2.56. The van der Waals surface area contributed by atoms with Crippen LogP contribution in [0.15, 0.2) is 5.38 Å². The second kappa shape index (κ2) is 2.78. The van der Waals surface area contributed by atoms with Crippen molar-refractivity contribution in [1.29, 1.82) is 0 Å². The molecule has 0 aliphatic rings. The topological polar surface area (TPSA) is 37.3 Å². The molecule has 1 aromatic heterocycles. The molecule has 5 heteroatoms. The molecule has 0 saturated carbocycles. The molecule has 1 rings (SSSR count). The van der Waals surface area contributed by atoms with Crippen LogP contribution in [0.5, 0.6) is 0 Å². The van der Waals surface area contributed by atoms with E-state index in [9.17, 15) is 4.79 Å². The van der Waals surface area contributed by atoms with Gasteiger partial charge < -0.3 is 5.11 Å². The summed E-state index contributed by atoms with van der Waals surface area (Å²) in [7, 11) is 0. The van der Waals surface area contributed by atoms with Crippen LogP contribution in [-0.2, 0) is 0 Å². The highest BCUT2D eigenvalue weighted by Gasteiger charge is 2.14. The van der Waals surface area contributed by atoms with Crippen LogP contribution < -0.4 is 0 Å². The smallest absolute Gasteiger partial charge is 0.339 e. The van der Waals surface area contributed by atoms with Crippen LogP contribution in [0.2, 0.25) is 9.36 Å². The maximum Gasteiger partial charge on any atom is 0.339 e. The molecule has 54 valence electrons. The van der Waals surface area contributed by atoms with Gasteiger partial charge in [0.05, 0.1) is 5.02 Å². The van der Waals surface area contributed by atoms with Gasteiger partial charge >= 0.3 is 5.97 Å². The molecule has 0 saturated heterocycles. The first kappa shape index (κ1) is 7.85. The summed E-state index contributed by atoms with van der Waals surface area (Å²) in [5.41, 5.74) is -0.00617. The van der Waals surface area contributed by atoms with E-state index in [-0.39, 0.29) is 14.9 Å². The minimum atomic E-state index is -1.09. The van der Waals surface area contributed by atoms with E-state index < -0.39 is 5.97 Å². The van der Waals surface area contributed by atoms with E-state index in [0.29, 0.717) is 0 Å². The van der Waals surface area contributed by atoms with Crippen molar-refractivity contribution >= 4 is 40.5 Å². The van der Waals surface area contributed by atoms with E-state index in [1.54, 1.807) is 0 Å². The molecule has 0 aliphatic carbocycles. The Hall–Kier alpha value is -0.250. The molecule has 1 aromatic rings. The summed E-state index contributed by atoms with van der Waals surface area (Å²) in [6.07, 6.45) is 0. The minimum Gasteiger partial charge on any atom is -0.478 e. The standard InChI is InChI=1S/C5H2Cl2O2S/c6-2-1-10-4(7)3(2)5(8)9/h1H,(H,8,9). The van der Waals surface area contributed by atoms with E-state index in [0.717, 1.165) is 11.3 Å². The predicted octanol–water partition coefficient (Wildman–Crippen LogP) is 2.75. The zero-order valence-electron chi connectivity index (χ0n) is 4.60. The molecule has 1 heterocycles. The fraction of sp³-hybridized carbons (Fsp3) is 0. The zero-order chi connectivity index (χ0) is 7.72. The molecule has 0 unspecified atom stereocenters. The number of thiophene rings is 1. The Morgan fingerprint density at radius 2 is 2.20 bits per heavy atom. The van der Waals surface area contributed by atoms with Crippen molar-refractivity contribution in [1.82, 2.24) is 0 Å². The number of hydrogen-bond donors (Lipinski definition) is 1. The van der Waals surface area contributed by atoms with E-state index in [2.05, 4.69) is 0 Å². The Morgan fingerprint density at radius 1 is 1.60 bits per heavy atom. The fourth-order valence-corrected chi connectivity index (χ4v) is 1.87. The lowest BCUT2D eigenvalue weighted by molar-refractivity contribution is 0.0698. The molecule has 0 amide bonds. The summed E-state index contributed by atoms with van der Waals surface area (Å²) in [5.74, 6) is -1.09. The van der Waals surface area contributed by atoms with Gasteiger partial charge in [-0.2, -0.15) is 0 Å². The highest BCUT2D eigenvalue weighted by Crippen LogP contribution is 2.30. The van der Waals surface area contributed by atoms with Gasteiger partial charge in [0, 0.05) is 5.38 Å². The maximum atomic E-state index is 10.3. The van der Waals surface area contributed by atoms with Gasteiger partial charge in [0.25, 0.3) is 0 Å². The molecule has 0 radical (unpaired) electrons. The second-order valence-electron chi connectivity index (χ2n) is 1.54. The summed E-state index contributed by atoms with van der Waals surface area (Å²) in [5, 5.41) is 10.2. The Morgan fingerprint density at radius 3 is 2.40 bits per heavy atom. The van der Waals surface area contributed by atoms with Crippen molar-refractivity contribution in [3.63, 3.8) is 0 Å². The summed E-state index contributed by atoms with van der Waals surface area (Å²) >= 11 is 12.1. The molecule has 0 bridgehead atoms. The molecule has 0 spiro atoms. The fourth-order valence-electron chi connectivity index (χ4n) is 0.501. The third-order valence-electron chi connectivity index (χ3n) is 0.915. The molecule has 0 aliphatic heterocycles. The molecule has 0 atom stereocenters. The van der Waals surface area contributed by atoms with Gasteiger partial charge in [-0.1, -0.05) is 23.2 Å². The summed E-state index contributed by atoms with van der Waals surface area (Å²) < 4.78 is 0.220. The SMILES string of the molecule is O=C(O)c1c(Cl)csc1Cl. The molecular weight excluding hydrogens is 195 g/mol. The largest absolute Gasteiger partial charge is 0.478 e. The lowest BCUT2D eigenvalue weighted by Crippen LogP contribution is -1.94. The molecule has 0 aromatic carbocycles. The number of carboxylic acids is 1. The zero-order valence-corrected chi connectivity index (χ0v) is 6.93. The second-order valence-corrected chi connectivity index (χ2v) is 3.43. The maximum absolute atomic E-state index is 10.3. The number of halogens is 2. The molecule has 10 heavy (non-hydrogen) atoms. The average molecular weight is 197 g/mol. The van der Waals surface area contributed by atoms with Crippen LogP contribution in [0.1, 0.15) is 10.4 Å². The van der Waals surface area contributed by atoms with Gasteiger partial charge in [0.2, 0.25) is 0 Å². The van der Waals surface area contributed by atoms with Crippen molar-refractivity contribution in [2.24, 2.45) is 0 Å². The number of carboxylic acid groups (broad SMARTS) is 1. The Balaban J connectivity index is 3.23. The molecular formula is C5H2Cl2O2S. The highest BCUT2D eigenvalue weighted by molar-refractivity contribution is 7.15. The van der Waals surface area contributed by atoms with Crippen molar-refractivity contribution in [3.05, 3.63) is 20.3 Å². The van der Waals surface area contributed by atoms with Crippen LogP contribution in [0.25, 0.3) is 0 Å². The predicted molar refractivity (Wildman–Crippen MR) is 41.3 cm³/mol. The van der Waals surface area contributed by atoms with Crippen molar-refractivity contribution in [2.45, 2.75) is 0 Å². The molecule has 1 N–H and O–H groups in total. The Labute approximate surface area is 71.0 Å². The highest BCUT2D eigenvalue weighted by atomic mass is 35.5. The first-order valence-corrected chi connectivity index (χ1v) is 3.92.